The fraction of sp³-hybridized carbons (Fsp3) is 0.500. The van der Waals surface area contributed by atoms with Crippen LogP contribution in [0.5, 0.6) is 0 Å². The molecule has 0 amide bonds. The van der Waals surface area contributed by atoms with Crippen molar-refractivity contribution in [3.63, 3.8) is 0 Å². The standard InChI is InChI=1S/C12H17BrN2O/c13-10-5-3-9(4-6-10)12-8-11(14-15-12)2-1-7-16/h3-6,11-12,14-16H,1-2,7-8H2. The summed E-state index contributed by atoms with van der Waals surface area (Å²) in [5.74, 6) is 0. The third-order valence-electron chi connectivity index (χ3n) is 2.96. The van der Waals surface area contributed by atoms with Crippen LogP contribution in [0.1, 0.15) is 30.9 Å². The van der Waals surface area contributed by atoms with Gasteiger partial charge in [-0.25, -0.2) is 0 Å². The molecule has 1 saturated heterocycles. The van der Waals surface area contributed by atoms with E-state index >= 15 is 0 Å². The Morgan fingerprint density at radius 1 is 1.25 bits per heavy atom. The zero-order valence-electron chi connectivity index (χ0n) is 9.12. The van der Waals surface area contributed by atoms with Gasteiger partial charge in [0.2, 0.25) is 0 Å². The maximum Gasteiger partial charge on any atom is 0.0477 e. The summed E-state index contributed by atoms with van der Waals surface area (Å²) in [6.45, 7) is 0.279. The van der Waals surface area contributed by atoms with Gasteiger partial charge in [0.1, 0.15) is 0 Å². The van der Waals surface area contributed by atoms with E-state index in [4.69, 9.17) is 5.11 Å². The molecular formula is C12H17BrN2O. The van der Waals surface area contributed by atoms with Gasteiger partial charge in [0.15, 0.2) is 0 Å². The SMILES string of the molecule is OCCCC1CC(c2ccc(Br)cc2)NN1. The van der Waals surface area contributed by atoms with Gasteiger partial charge in [0.05, 0.1) is 0 Å². The average molecular weight is 285 g/mol. The number of hydrogen-bond acceptors (Lipinski definition) is 3. The van der Waals surface area contributed by atoms with E-state index in [9.17, 15) is 0 Å². The Balaban J connectivity index is 1.90. The first-order valence-corrected chi connectivity index (χ1v) is 6.46. The monoisotopic (exact) mass is 284 g/mol. The Kier molecular flexibility index (Phi) is 4.35. The quantitative estimate of drug-likeness (QED) is 0.794. The Hall–Kier alpha value is -0.420. The molecule has 0 bridgehead atoms. The van der Waals surface area contributed by atoms with Crippen LogP contribution in [-0.2, 0) is 0 Å². The van der Waals surface area contributed by atoms with Crippen LogP contribution in [-0.4, -0.2) is 17.8 Å². The first-order chi connectivity index (χ1) is 7.79. The zero-order valence-corrected chi connectivity index (χ0v) is 10.7. The molecule has 2 rings (SSSR count). The van der Waals surface area contributed by atoms with Gasteiger partial charge in [-0.05, 0) is 37.0 Å². The van der Waals surface area contributed by atoms with Crippen LogP contribution in [0.4, 0.5) is 0 Å². The van der Waals surface area contributed by atoms with Crippen LogP contribution in [0.3, 0.4) is 0 Å². The molecule has 0 saturated carbocycles. The average Bonchev–Trinajstić information content (AvgIpc) is 2.76. The van der Waals surface area contributed by atoms with Crippen molar-refractivity contribution in [1.82, 2.24) is 10.9 Å². The number of hydrogen-bond donors (Lipinski definition) is 3. The van der Waals surface area contributed by atoms with Crippen LogP contribution in [0.15, 0.2) is 28.7 Å². The van der Waals surface area contributed by atoms with Gasteiger partial charge in [-0.2, -0.15) is 0 Å². The number of halogens is 1. The summed E-state index contributed by atoms with van der Waals surface area (Å²) in [5, 5.41) is 8.79. The lowest BCUT2D eigenvalue weighted by Gasteiger charge is -2.09. The summed E-state index contributed by atoms with van der Waals surface area (Å²) in [5.41, 5.74) is 7.89. The molecule has 1 aromatic rings. The summed E-state index contributed by atoms with van der Waals surface area (Å²) >= 11 is 3.44. The van der Waals surface area contributed by atoms with Gasteiger partial charge in [0, 0.05) is 23.2 Å². The molecule has 1 aliphatic heterocycles. The number of nitrogens with one attached hydrogen (secondary N) is 2. The Labute approximate surface area is 104 Å². The highest BCUT2D eigenvalue weighted by molar-refractivity contribution is 9.10. The minimum Gasteiger partial charge on any atom is -0.396 e. The molecule has 2 unspecified atom stereocenters. The summed E-state index contributed by atoms with van der Waals surface area (Å²) in [6.07, 6.45) is 2.98. The normalized spacial score (nSPS) is 24.9. The molecular weight excluding hydrogens is 268 g/mol. The van der Waals surface area contributed by atoms with Gasteiger partial charge in [-0.1, -0.05) is 28.1 Å². The number of rotatable bonds is 4. The first kappa shape index (κ1) is 12.0. The maximum absolute atomic E-state index is 8.79. The van der Waals surface area contributed by atoms with E-state index in [1.807, 2.05) is 0 Å². The fourth-order valence-electron chi connectivity index (χ4n) is 2.06. The highest BCUT2D eigenvalue weighted by Gasteiger charge is 2.24. The molecule has 88 valence electrons. The molecule has 1 aromatic carbocycles. The number of aliphatic hydroxyl groups is 1. The lowest BCUT2D eigenvalue weighted by Crippen LogP contribution is -2.30. The third-order valence-corrected chi connectivity index (χ3v) is 3.49. The molecule has 3 nitrogen and oxygen atoms in total. The van der Waals surface area contributed by atoms with Crippen LogP contribution < -0.4 is 10.9 Å². The van der Waals surface area contributed by atoms with Crippen molar-refractivity contribution in [3.05, 3.63) is 34.3 Å². The lowest BCUT2D eigenvalue weighted by atomic mass is 10.00. The highest BCUT2D eigenvalue weighted by atomic mass is 79.9. The Morgan fingerprint density at radius 3 is 2.69 bits per heavy atom. The molecule has 1 aliphatic rings. The number of hydrazine groups is 1. The lowest BCUT2D eigenvalue weighted by molar-refractivity contribution is 0.276. The van der Waals surface area contributed by atoms with E-state index in [0.29, 0.717) is 12.1 Å². The molecule has 0 aliphatic carbocycles. The third kappa shape index (κ3) is 3.04. The van der Waals surface area contributed by atoms with Crippen molar-refractivity contribution in [2.45, 2.75) is 31.3 Å². The van der Waals surface area contributed by atoms with Gasteiger partial charge >= 0.3 is 0 Å². The molecule has 2 atom stereocenters. The Morgan fingerprint density at radius 2 is 2.00 bits per heavy atom. The van der Waals surface area contributed by atoms with Crippen molar-refractivity contribution in [2.75, 3.05) is 6.61 Å². The minimum atomic E-state index is 0.279. The van der Waals surface area contributed by atoms with Crippen molar-refractivity contribution in [2.24, 2.45) is 0 Å². The number of benzene rings is 1. The van der Waals surface area contributed by atoms with Gasteiger partial charge in [-0.3, -0.25) is 10.9 Å². The predicted molar refractivity (Wildman–Crippen MR) is 67.9 cm³/mol. The molecule has 16 heavy (non-hydrogen) atoms. The second-order valence-corrected chi connectivity index (χ2v) is 5.11. The first-order valence-electron chi connectivity index (χ1n) is 5.67. The van der Waals surface area contributed by atoms with Crippen molar-refractivity contribution < 1.29 is 5.11 Å². The van der Waals surface area contributed by atoms with Crippen molar-refractivity contribution >= 4 is 15.9 Å². The van der Waals surface area contributed by atoms with Crippen molar-refractivity contribution in [1.29, 1.82) is 0 Å². The summed E-state index contributed by atoms with van der Waals surface area (Å²) in [6, 6.07) is 9.27. The Bertz CT molecular complexity index is 328. The molecule has 0 radical (unpaired) electrons. The van der Waals surface area contributed by atoms with Gasteiger partial charge < -0.3 is 5.11 Å². The molecule has 0 spiro atoms. The predicted octanol–water partition coefficient (Wildman–Crippen LogP) is 2.13. The van der Waals surface area contributed by atoms with E-state index in [0.717, 1.165) is 23.7 Å². The number of aliphatic hydroxyl groups excluding tert-OH is 1. The largest absolute Gasteiger partial charge is 0.396 e. The van der Waals surface area contributed by atoms with Crippen LogP contribution in [0.25, 0.3) is 0 Å². The fourth-order valence-corrected chi connectivity index (χ4v) is 2.33. The van der Waals surface area contributed by atoms with E-state index in [2.05, 4.69) is 51.0 Å². The summed E-state index contributed by atoms with van der Waals surface area (Å²) in [7, 11) is 0. The second kappa shape index (κ2) is 5.77. The molecule has 1 heterocycles. The summed E-state index contributed by atoms with van der Waals surface area (Å²) in [4.78, 5) is 0. The molecule has 0 aromatic heterocycles. The highest BCUT2D eigenvalue weighted by Crippen LogP contribution is 2.25. The van der Waals surface area contributed by atoms with E-state index in [1.165, 1.54) is 5.56 Å². The topological polar surface area (TPSA) is 44.3 Å². The molecule has 3 N–H and O–H groups in total. The van der Waals surface area contributed by atoms with Gasteiger partial charge in [-0.15, -0.1) is 0 Å². The second-order valence-electron chi connectivity index (χ2n) is 4.19. The van der Waals surface area contributed by atoms with E-state index in [-0.39, 0.29) is 6.61 Å². The van der Waals surface area contributed by atoms with Crippen LogP contribution in [0.2, 0.25) is 0 Å². The molecule has 4 heteroatoms. The van der Waals surface area contributed by atoms with Crippen molar-refractivity contribution in [3.8, 4) is 0 Å². The van der Waals surface area contributed by atoms with Crippen LogP contribution in [0, 0.1) is 0 Å². The summed E-state index contributed by atoms with van der Waals surface area (Å²) < 4.78 is 1.11. The maximum atomic E-state index is 8.79. The van der Waals surface area contributed by atoms with E-state index < -0.39 is 0 Å². The zero-order chi connectivity index (χ0) is 11.4. The van der Waals surface area contributed by atoms with E-state index in [1.54, 1.807) is 0 Å². The molecule has 1 fully saturated rings. The van der Waals surface area contributed by atoms with Gasteiger partial charge in [0.25, 0.3) is 0 Å². The minimum absolute atomic E-state index is 0.279. The van der Waals surface area contributed by atoms with Crippen LogP contribution >= 0.6 is 15.9 Å². The smallest absolute Gasteiger partial charge is 0.0477 e.